The minimum absolute atomic E-state index is 0.185. The maximum Gasteiger partial charge on any atom is 0.0937 e. The SMILES string of the molecule is Cc1ccc(C(N)c2cccc3nccnc23)cc1C. The molecule has 0 bridgehead atoms. The zero-order chi connectivity index (χ0) is 14.1. The van der Waals surface area contributed by atoms with Crippen LogP contribution >= 0.6 is 0 Å². The Morgan fingerprint density at radius 2 is 1.75 bits per heavy atom. The van der Waals surface area contributed by atoms with Gasteiger partial charge < -0.3 is 5.73 Å². The molecule has 1 atom stereocenters. The van der Waals surface area contributed by atoms with Crippen molar-refractivity contribution in [2.45, 2.75) is 19.9 Å². The van der Waals surface area contributed by atoms with Crippen molar-refractivity contribution in [1.82, 2.24) is 9.97 Å². The smallest absolute Gasteiger partial charge is 0.0937 e. The van der Waals surface area contributed by atoms with E-state index < -0.39 is 0 Å². The third kappa shape index (κ3) is 2.17. The van der Waals surface area contributed by atoms with Crippen LogP contribution in [0.25, 0.3) is 11.0 Å². The minimum Gasteiger partial charge on any atom is -0.320 e. The highest BCUT2D eigenvalue weighted by atomic mass is 14.8. The lowest BCUT2D eigenvalue weighted by Crippen LogP contribution is -2.13. The molecule has 0 aliphatic heterocycles. The summed E-state index contributed by atoms with van der Waals surface area (Å²) in [6, 6.07) is 12.1. The molecule has 0 saturated carbocycles. The Labute approximate surface area is 118 Å². The predicted molar refractivity (Wildman–Crippen MR) is 81.5 cm³/mol. The molecule has 2 N–H and O–H groups in total. The lowest BCUT2D eigenvalue weighted by atomic mass is 9.95. The quantitative estimate of drug-likeness (QED) is 0.771. The Bertz CT molecular complexity index is 760. The van der Waals surface area contributed by atoms with Gasteiger partial charge in [0.1, 0.15) is 0 Å². The number of nitrogens with zero attached hydrogens (tertiary/aromatic N) is 2. The van der Waals surface area contributed by atoms with Crippen LogP contribution in [0.4, 0.5) is 0 Å². The first-order chi connectivity index (χ1) is 9.66. The highest BCUT2D eigenvalue weighted by molar-refractivity contribution is 5.78. The largest absolute Gasteiger partial charge is 0.320 e. The van der Waals surface area contributed by atoms with Gasteiger partial charge in [0, 0.05) is 18.0 Å². The van der Waals surface area contributed by atoms with Gasteiger partial charge in [-0.1, -0.05) is 30.3 Å². The predicted octanol–water partition coefficient (Wildman–Crippen LogP) is 3.29. The zero-order valence-corrected chi connectivity index (χ0v) is 11.7. The standard InChI is InChI=1S/C17H17N3/c1-11-6-7-13(10-12(11)2)16(18)14-4-3-5-15-17(14)20-9-8-19-15/h3-10,16H,18H2,1-2H3. The van der Waals surface area contributed by atoms with Gasteiger partial charge in [0.15, 0.2) is 0 Å². The lowest BCUT2D eigenvalue weighted by molar-refractivity contribution is 0.873. The van der Waals surface area contributed by atoms with E-state index in [-0.39, 0.29) is 6.04 Å². The number of hydrogen-bond donors (Lipinski definition) is 1. The Kier molecular flexibility index (Phi) is 3.20. The van der Waals surface area contributed by atoms with E-state index in [0.29, 0.717) is 0 Å². The van der Waals surface area contributed by atoms with E-state index in [4.69, 9.17) is 5.73 Å². The molecule has 3 rings (SSSR count). The minimum atomic E-state index is -0.185. The van der Waals surface area contributed by atoms with Gasteiger partial charge >= 0.3 is 0 Å². The molecule has 20 heavy (non-hydrogen) atoms. The fourth-order valence-corrected chi connectivity index (χ4v) is 2.40. The number of para-hydroxylation sites is 1. The first kappa shape index (κ1) is 12.8. The number of hydrogen-bond acceptors (Lipinski definition) is 3. The number of benzene rings is 2. The molecule has 0 aliphatic rings. The summed E-state index contributed by atoms with van der Waals surface area (Å²) < 4.78 is 0. The van der Waals surface area contributed by atoms with Crippen molar-refractivity contribution >= 4 is 11.0 Å². The van der Waals surface area contributed by atoms with Crippen LogP contribution < -0.4 is 5.73 Å². The van der Waals surface area contributed by atoms with Gasteiger partial charge in [-0.25, -0.2) is 0 Å². The summed E-state index contributed by atoms with van der Waals surface area (Å²) in [4.78, 5) is 8.76. The topological polar surface area (TPSA) is 51.8 Å². The first-order valence-corrected chi connectivity index (χ1v) is 6.69. The summed E-state index contributed by atoms with van der Waals surface area (Å²) in [7, 11) is 0. The summed E-state index contributed by atoms with van der Waals surface area (Å²) in [5.74, 6) is 0. The van der Waals surface area contributed by atoms with Gasteiger partial charge in [-0.2, -0.15) is 0 Å². The second-order valence-corrected chi connectivity index (χ2v) is 5.09. The third-order valence-electron chi connectivity index (χ3n) is 3.75. The highest BCUT2D eigenvalue weighted by Gasteiger charge is 2.13. The molecular formula is C17H17N3. The van der Waals surface area contributed by atoms with Crippen LogP contribution in [0.5, 0.6) is 0 Å². The van der Waals surface area contributed by atoms with Crippen molar-refractivity contribution in [3.05, 3.63) is 71.0 Å². The molecule has 3 heteroatoms. The second kappa shape index (κ2) is 5.02. The van der Waals surface area contributed by atoms with Gasteiger partial charge in [-0.3, -0.25) is 9.97 Å². The summed E-state index contributed by atoms with van der Waals surface area (Å²) in [6.45, 7) is 4.21. The Morgan fingerprint density at radius 3 is 2.55 bits per heavy atom. The molecule has 1 heterocycles. The van der Waals surface area contributed by atoms with Crippen LogP contribution in [-0.2, 0) is 0 Å². The normalized spacial score (nSPS) is 12.6. The number of rotatable bonds is 2. The zero-order valence-electron chi connectivity index (χ0n) is 11.7. The molecule has 0 amide bonds. The van der Waals surface area contributed by atoms with Gasteiger partial charge in [0.05, 0.1) is 17.1 Å². The summed E-state index contributed by atoms with van der Waals surface area (Å²) >= 11 is 0. The molecule has 2 aromatic carbocycles. The fourth-order valence-electron chi connectivity index (χ4n) is 2.40. The summed E-state index contributed by atoms with van der Waals surface area (Å²) in [6.07, 6.45) is 3.41. The molecule has 0 radical (unpaired) electrons. The second-order valence-electron chi connectivity index (χ2n) is 5.09. The van der Waals surface area contributed by atoms with E-state index in [1.54, 1.807) is 12.4 Å². The van der Waals surface area contributed by atoms with E-state index in [2.05, 4.69) is 42.0 Å². The number of aromatic nitrogens is 2. The van der Waals surface area contributed by atoms with Crippen molar-refractivity contribution in [2.24, 2.45) is 5.73 Å². The monoisotopic (exact) mass is 263 g/mol. The van der Waals surface area contributed by atoms with E-state index in [9.17, 15) is 0 Å². The van der Waals surface area contributed by atoms with E-state index in [1.807, 2.05) is 18.2 Å². The van der Waals surface area contributed by atoms with Crippen LogP contribution in [0.1, 0.15) is 28.3 Å². The van der Waals surface area contributed by atoms with Crippen LogP contribution in [0, 0.1) is 13.8 Å². The Balaban J connectivity index is 2.12. The maximum atomic E-state index is 6.43. The van der Waals surface area contributed by atoms with Crippen molar-refractivity contribution in [3.8, 4) is 0 Å². The van der Waals surface area contributed by atoms with E-state index in [1.165, 1.54) is 11.1 Å². The van der Waals surface area contributed by atoms with Crippen LogP contribution in [0.15, 0.2) is 48.8 Å². The van der Waals surface area contributed by atoms with Crippen molar-refractivity contribution < 1.29 is 0 Å². The molecular weight excluding hydrogens is 246 g/mol. The molecule has 0 aliphatic carbocycles. The molecule has 0 fully saturated rings. The number of aryl methyl sites for hydroxylation is 2. The molecule has 1 aromatic heterocycles. The molecule has 3 nitrogen and oxygen atoms in total. The van der Waals surface area contributed by atoms with Crippen LogP contribution in [0.2, 0.25) is 0 Å². The van der Waals surface area contributed by atoms with Crippen molar-refractivity contribution in [2.75, 3.05) is 0 Å². The molecule has 1 unspecified atom stereocenters. The van der Waals surface area contributed by atoms with Gasteiger partial charge in [0.2, 0.25) is 0 Å². The fraction of sp³-hybridized carbons (Fsp3) is 0.176. The molecule has 100 valence electrons. The average Bonchev–Trinajstić information content (AvgIpc) is 2.49. The molecule has 0 spiro atoms. The van der Waals surface area contributed by atoms with Gasteiger partial charge in [0.25, 0.3) is 0 Å². The van der Waals surface area contributed by atoms with E-state index in [0.717, 1.165) is 22.2 Å². The van der Waals surface area contributed by atoms with Crippen molar-refractivity contribution in [1.29, 1.82) is 0 Å². The lowest BCUT2D eigenvalue weighted by Gasteiger charge is -2.15. The molecule has 3 aromatic rings. The average molecular weight is 263 g/mol. The van der Waals surface area contributed by atoms with Crippen LogP contribution in [-0.4, -0.2) is 9.97 Å². The van der Waals surface area contributed by atoms with Crippen molar-refractivity contribution in [3.63, 3.8) is 0 Å². The van der Waals surface area contributed by atoms with E-state index >= 15 is 0 Å². The number of fused-ring (bicyclic) bond motifs is 1. The Hall–Kier alpha value is -2.26. The van der Waals surface area contributed by atoms with Crippen LogP contribution in [0.3, 0.4) is 0 Å². The first-order valence-electron chi connectivity index (χ1n) is 6.69. The maximum absolute atomic E-state index is 6.43. The summed E-state index contributed by atoms with van der Waals surface area (Å²) in [5.41, 5.74) is 12.8. The van der Waals surface area contributed by atoms with Gasteiger partial charge in [-0.05, 0) is 36.6 Å². The summed E-state index contributed by atoms with van der Waals surface area (Å²) in [5, 5.41) is 0. The van der Waals surface area contributed by atoms with Gasteiger partial charge in [-0.15, -0.1) is 0 Å². The third-order valence-corrected chi connectivity index (χ3v) is 3.75. The molecule has 0 saturated heterocycles. The highest BCUT2D eigenvalue weighted by Crippen LogP contribution is 2.26. The number of nitrogens with two attached hydrogens (primary N) is 1. The Morgan fingerprint density at radius 1 is 0.950 bits per heavy atom.